The maximum Gasteiger partial charge on any atom is 0.133 e. The summed E-state index contributed by atoms with van der Waals surface area (Å²) in [4.78, 5) is 7.87. The Labute approximate surface area is 108 Å². The second-order valence-electron chi connectivity index (χ2n) is 5.02. The molecule has 1 aliphatic heterocycles. The lowest BCUT2D eigenvalue weighted by atomic mass is 10.0. The third-order valence-electron chi connectivity index (χ3n) is 3.23. The van der Waals surface area contributed by atoms with Gasteiger partial charge in [0.2, 0.25) is 0 Å². The van der Waals surface area contributed by atoms with Gasteiger partial charge in [-0.3, -0.25) is 0 Å². The van der Waals surface area contributed by atoms with Crippen LogP contribution in [0, 0.1) is 11.6 Å². The zero-order valence-corrected chi connectivity index (χ0v) is 11.6. The van der Waals surface area contributed by atoms with Crippen LogP contribution in [0.4, 0.5) is 0 Å². The van der Waals surface area contributed by atoms with Gasteiger partial charge in [-0.1, -0.05) is 26.1 Å². The van der Waals surface area contributed by atoms with Gasteiger partial charge in [-0.05, 0) is 25.7 Å². The first-order valence-electron chi connectivity index (χ1n) is 6.29. The second kappa shape index (κ2) is 5.27. The van der Waals surface area contributed by atoms with Crippen LogP contribution in [0.1, 0.15) is 49.7 Å². The number of aromatic amines is 1. The van der Waals surface area contributed by atoms with Gasteiger partial charge in [0, 0.05) is 24.3 Å². The summed E-state index contributed by atoms with van der Waals surface area (Å²) in [6.45, 7) is 7.25. The number of hydrogen-bond donors (Lipinski definition) is 1. The monoisotopic (exact) mass is 252 g/mol. The van der Waals surface area contributed by atoms with E-state index in [9.17, 15) is 0 Å². The average molecular weight is 252 g/mol. The first-order valence-corrected chi connectivity index (χ1v) is 6.70. The zero-order valence-electron chi connectivity index (χ0n) is 10.7. The summed E-state index contributed by atoms with van der Waals surface area (Å²) in [5.74, 6) is 1.38. The molecule has 0 bridgehead atoms. The van der Waals surface area contributed by atoms with Crippen molar-refractivity contribution in [3.8, 4) is 0 Å². The number of aryl methyl sites for hydroxylation is 1. The summed E-state index contributed by atoms with van der Waals surface area (Å²) in [5.41, 5.74) is 2.31. The van der Waals surface area contributed by atoms with Crippen molar-refractivity contribution in [3.05, 3.63) is 21.7 Å². The fourth-order valence-corrected chi connectivity index (χ4v) is 2.95. The number of nitrogens with one attached hydrogen (secondary N) is 1. The maximum absolute atomic E-state index is 5.62. The van der Waals surface area contributed by atoms with E-state index in [1.807, 2.05) is 0 Å². The lowest BCUT2D eigenvalue weighted by Gasteiger charge is -2.13. The van der Waals surface area contributed by atoms with Gasteiger partial charge in [-0.25, -0.2) is 4.98 Å². The van der Waals surface area contributed by atoms with E-state index < -0.39 is 0 Å². The molecule has 0 amide bonds. The van der Waals surface area contributed by atoms with E-state index in [1.54, 1.807) is 0 Å². The Hall–Kier alpha value is -0.740. The summed E-state index contributed by atoms with van der Waals surface area (Å²) in [5, 5.41) is 0. The number of ether oxygens (including phenoxy) is 1. The molecule has 94 valence electrons. The van der Waals surface area contributed by atoms with Gasteiger partial charge in [-0.2, -0.15) is 0 Å². The van der Waals surface area contributed by atoms with E-state index in [0.29, 0.717) is 12.0 Å². The van der Waals surface area contributed by atoms with Crippen LogP contribution in [-0.4, -0.2) is 22.7 Å². The molecule has 4 heteroatoms. The molecule has 2 rings (SSSR count). The summed E-state index contributed by atoms with van der Waals surface area (Å²) < 4.78 is 6.36. The van der Waals surface area contributed by atoms with Gasteiger partial charge in [0.25, 0.3) is 0 Å². The third-order valence-corrected chi connectivity index (χ3v) is 3.54. The van der Waals surface area contributed by atoms with Crippen molar-refractivity contribution < 1.29 is 4.74 Å². The maximum atomic E-state index is 5.62. The standard InChI is InChI=1S/C13H20N2OS/c1-8(2)12-9(3)14-11(15-13(12)17)7-10-5-4-6-16-10/h8,10H,4-7H2,1-3H3,(H,14,15,17). The molecule has 2 heterocycles. The molecule has 1 aromatic heterocycles. The minimum atomic E-state index is 0.317. The van der Waals surface area contributed by atoms with Crippen molar-refractivity contribution in [3.63, 3.8) is 0 Å². The molecule has 0 aromatic carbocycles. The summed E-state index contributed by atoms with van der Waals surface area (Å²) in [6.07, 6.45) is 3.46. The highest BCUT2D eigenvalue weighted by Gasteiger charge is 2.18. The van der Waals surface area contributed by atoms with Crippen LogP contribution in [0.5, 0.6) is 0 Å². The highest BCUT2D eigenvalue weighted by atomic mass is 32.1. The molecule has 1 N–H and O–H groups in total. The summed E-state index contributed by atoms with van der Waals surface area (Å²) in [7, 11) is 0. The Bertz CT molecular complexity index is 447. The fraction of sp³-hybridized carbons (Fsp3) is 0.692. The zero-order chi connectivity index (χ0) is 12.4. The van der Waals surface area contributed by atoms with Crippen molar-refractivity contribution in [1.82, 2.24) is 9.97 Å². The van der Waals surface area contributed by atoms with Crippen LogP contribution in [0.2, 0.25) is 0 Å². The number of nitrogens with zero attached hydrogens (tertiary/aromatic N) is 1. The van der Waals surface area contributed by atoms with E-state index >= 15 is 0 Å². The lowest BCUT2D eigenvalue weighted by Crippen LogP contribution is -2.13. The number of rotatable bonds is 3. The first-order chi connectivity index (χ1) is 8.08. The molecule has 0 aliphatic carbocycles. The highest BCUT2D eigenvalue weighted by Crippen LogP contribution is 2.20. The van der Waals surface area contributed by atoms with Crippen molar-refractivity contribution in [1.29, 1.82) is 0 Å². The van der Waals surface area contributed by atoms with Gasteiger partial charge in [0.1, 0.15) is 10.5 Å². The van der Waals surface area contributed by atoms with Gasteiger partial charge in [-0.15, -0.1) is 0 Å². The number of hydrogen-bond acceptors (Lipinski definition) is 3. The Kier molecular flexibility index (Phi) is 3.94. The predicted molar refractivity (Wildman–Crippen MR) is 70.9 cm³/mol. The summed E-state index contributed by atoms with van der Waals surface area (Å²) >= 11 is 5.37. The molecule has 0 radical (unpaired) electrons. The molecule has 1 aromatic rings. The molecule has 0 saturated carbocycles. The normalized spacial score (nSPS) is 20.1. The third kappa shape index (κ3) is 2.93. The van der Waals surface area contributed by atoms with Crippen LogP contribution in [0.3, 0.4) is 0 Å². The van der Waals surface area contributed by atoms with Crippen LogP contribution in [0.25, 0.3) is 0 Å². The predicted octanol–water partition coefficient (Wildman–Crippen LogP) is 3.29. The van der Waals surface area contributed by atoms with Crippen LogP contribution in [-0.2, 0) is 11.2 Å². The summed E-state index contributed by atoms with van der Waals surface area (Å²) in [6, 6.07) is 0. The molecule has 3 nitrogen and oxygen atoms in total. The van der Waals surface area contributed by atoms with Crippen LogP contribution >= 0.6 is 12.2 Å². The Morgan fingerprint density at radius 3 is 2.82 bits per heavy atom. The average Bonchev–Trinajstić information content (AvgIpc) is 2.68. The molecule has 1 unspecified atom stereocenters. The van der Waals surface area contributed by atoms with Crippen LogP contribution in [0.15, 0.2) is 0 Å². The molecule has 1 fully saturated rings. The minimum absolute atomic E-state index is 0.317. The van der Waals surface area contributed by atoms with Crippen molar-refractivity contribution in [2.45, 2.75) is 52.1 Å². The van der Waals surface area contributed by atoms with E-state index in [0.717, 1.165) is 47.6 Å². The van der Waals surface area contributed by atoms with Gasteiger partial charge in [0.15, 0.2) is 0 Å². The quantitative estimate of drug-likeness (QED) is 0.839. The smallest absolute Gasteiger partial charge is 0.133 e. The fourth-order valence-electron chi connectivity index (χ4n) is 2.45. The molecule has 1 aliphatic rings. The Morgan fingerprint density at radius 2 is 2.29 bits per heavy atom. The van der Waals surface area contributed by atoms with E-state index in [-0.39, 0.29) is 0 Å². The van der Waals surface area contributed by atoms with Crippen molar-refractivity contribution in [2.75, 3.05) is 6.61 Å². The Balaban J connectivity index is 2.22. The highest BCUT2D eigenvalue weighted by molar-refractivity contribution is 7.71. The second-order valence-corrected chi connectivity index (χ2v) is 5.41. The molecule has 17 heavy (non-hydrogen) atoms. The van der Waals surface area contributed by atoms with Crippen molar-refractivity contribution in [2.24, 2.45) is 0 Å². The van der Waals surface area contributed by atoms with Crippen LogP contribution < -0.4 is 0 Å². The molecule has 1 saturated heterocycles. The molecular weight excluding hydrogens is 232 g/mol. The molecule has 1 atom stereocenters. The number of aromatic nitrogens is 2. The minimum Gasteiger partial charge on any atom is -0.378 e. The van der Waals surface area contributed by atoms with Gasteiger partial charge >= 0.3 is 0 Å². The molecule has 0 spiro atoms. The van der Waals surface area contributed by atoms with Gasteiger partial charge in [0.05, 0.1) is 6.10 Å². The van der Waals surface area contributed by atoms with Crippen molar-refractivity contribution >= 4 is 12.2 Å². The Morgan fingerprint density at radius 1 is 1.53 bits per heavy atom. The van der Waals surface area contributed by atoms with E-state index in [4.69, 9.17) is 17.0 Å². The van der Waals surface area contributed by atoms with E-state index in [2.05, 4.69) is 30.7 Å². The topological polar surface area (TPSA) is 37.9 Å². The van der Waals surface area contributed by atoms with Gasteiger partial charge < -0.3 is 9.72 Å². The first kappa shape index (κ1) is 12.7. The molecular formula is C13H20N2OS. The lowest BCUT2D eigenvalue weighted by molar-refractivity contribution is 0.110. The SMILES string of the molecule is Cc1[nH]c(CC2CCCO2)nc(=S)c1C(C)C. The number of H-pyrrole nitrogens is 1. The van der Waals surface area contributed by atoms with E-state index in [1.165, 1.54) is 0 Å². The largest absolute Gasteiger partial charge is 0.378 e.